The van der Waals surface area contributed by atoms with Crippen LogP contribution in [-0.4, -0.2) is 24.5 Å². The van der Waals surface area contributed by atoms with Gasteiger partial charge in [0.25, 0.3) is 0 Å². The fraction of sp³-hybridized carbons (Fsp3) is 0. The zero-order valence-electron chi connectivity index (χ0n) is 28.1. The van der Waals surface area contributed by atoms with Crippen LogP contribution in [0.15, 0.2) is 173 Å². The molecule has 7 aromatic carbocycles. The summed E-state index contributed by atoms with van der Waals surface area (Å²) in [6.07, 6.45) is 0. The summed E-state index contributed by atoms with van der Waals surface area (Å²) in [5, 5.41) is 3.83. The van der Waals surface area contributed by atoms with E-state index in [-0.39, 0.29) is 0 Å². The lowest BCUT2D eigenvalue weighted by molar-refractivity contribution is 0.668. The minimum absolute atomic E-state index is 0.540. The van der Waals surface area contributed by atoms with E-state index in [0.29, 0.717) is 17.5 Å². The van der Waals surface area contributed by atoms with Crippen molar-refractivity contribution >= 4 is 54.9 Å². The normalized spacial score (nSPS) is 11.8. The Kier molecular flexibility index (Phi) is 6.42. The molecule has 0 aliphatic carbocycles. The molecule has 0 amide bonds. The van der Waals surface area contributed by atoms with Gasteiger partial charge in [-0.2, -0.15) is 0 Å². The van der Waals surface area contributed by atoms with E-state index in [1.807, 2.05) is 97.1 Å². The van der Waals surface area contributed by atoms with Crippen molar-refractivity contribution in [3.63, 3.8) is 0 Å². The van der Waals surface area contributed by atoms with Crippen molar-refractivity contribution in [2.24, 2.45) is 0 Å². The van der Waals surface area contributed by atoms with Crippen molar-refractivity contribution in [2.75, 3.05) is 0 Å². The average molecular weight is 682 g/mol. The van der Waals surface area contributed by atoms with Gasteiger partial charge >= 0.3 is 0 Å². The maximum atomic E-state index is 6.60. The molecule has 0 atom stereocenters. The Hall–Kier alpha value is -7.38. The third kappa shape index (κ3) is 4.61. The van der Waals surface area contributed by atoms with Crippen molar-refractivity contribution in [1.29, 1.82) is 0 Å². The third-order valence-electron chi connectivity index (χ3n) is 9.89. The Labute approximate surface area is 302 Å². The number of imidazole rings is 1. The molecule has 0 N–H and O–H groups in total. The molecule has 0 unspecified atom stereocenters. The number of para-hydroxylation sites is 4. The van der Waals surface area contributed by atoms with Crippen LogP contribution in [0.4, 0.5) is 0 Å². The summed E-state index contributed by atoms with van der Waals surface area (Å²) in [5.41, 5.74) is 9.58. The Morgan fingerprint density at radius 2 is 0.906 bits per heavy atom. The second-order valence-corrected chi connectivity index (χ2v) is 13.0. The molecule has 7 nitrogen and oxygen atoms in total. The maximum absolute atomic E-state index is 6.60. The summed E-state index contributed by atoms with van der Waals surface area (Å²) in [4.78, 5) is 20.7. The minimum Gasteiger partial charge on any atom is -0.456 e. The van der Waals surface area contributed by atoms with E-state index >= 15 is 0 Å². The Bertz CT molecular complexity index is 3180. The van der Waals surface area contributed by atoms with Gasteiger partial charge in [0.1, 0.15) is 28.2 Å². The smallest absolute Gasteiger partial charge is 0.164 e. The maximum Gasteiger partial charge on any atom is 0.164 e. The lowest BCUT2D eigenvalue weighted by atomic mass is 10.0. The van der Waals surface area contributed by atoms with Gasteiger partial charge in [0.15, 0.2) is 17.5 Å². The Balaban J connectivity index is 1.21. The van der Waals surface area contributed by atoms with Crippen LogP contribution < -0.4 is 0 Å². The quantitative estimate of drug-likeness (QED) is 0.180. The topological polar surface area (TPSA) is 82.8 Å². The van der Waals surface area contributed by atoms with Crippen LogP contribution >= 0.6 is 0 Å². The average Bonchev–Trinajstić information content (AvgIpc) is 3.93. The highest BCUT2D eigenvalue weighted by Gasteiger charge is 2.24. The van der Waals surface area contributed by atoms with Crippen LogP contribution in [0.1, 0.15) is 0 Å². The summed E-state index contributed by atoms with van der Waals surface area (Å²) in [6, 6.07) is 54.9. The number of fused-ring (bicyclic) bond motifs is 7. The van der Waals surface area contributed by atoms with Gasteiger partial charge in [-0.15, -0.1) is 0 Å². The largest absolute Gasteiger partial charge is 0.456 e. The molecule has 7 heteroatoms. The molecule has 11 aromatic rings. The van der Waals surface area contributed by atoms with Gasteiger partial charge in [0, 0.05) is 49.5 Å². The SMILES string of the molecule is c1ccc(-c2nc(-c3cccc4oc5ccccc5c34)nc(-c3cccc4oc5cccc(-c6nc7ccccc7n6-c6ccccc6)c5c34)n2)cc1. The molecule has 0 saturated heterocycles. The molecule has 11 rings (SSSR count). The molecule has 53 heavy (non-hydrogen) atoms. The summed E-state index contributed by atoms with van der Waals surface area (Å²) in [7, 11) is 0. The van der Waals surface area contributed by atoms with Crippen LogP contribution in [0.3, 0.4) is 0 Å². The zero-order chi connectivity index (χ0) is 34.9. The van der Waals surface area contributed by atoms with Gasteiger partial charge in [0.05, 0.1) is 11.0 Å². The number of hydrogen-bond acceptors (Lipinski definition) is 6. The highest BCUT2D eigenvalue weighted by molar-refractivity contribution is 6.17. The first kappa shape index (κ1) is 29.4. The third-order valence-corrected chi connectivity index (χ3v) is 9.89. The molecule has 4 heterocycles. The van der Waals surface area contributed by atoms with Crippen LogP contribution in [0, 0.1) is 0 Å². The van der Waals surface area contributed by atoms with Gasteiger partial charge in [-0.1, -0.05) is 115 Å². The summed E-state index contributed by atoms with van der Waals surface area (Å²) >= 11 is 0. The van der Waals surface area contributed by atoms with Gasteiger partial charge in [-0.25, -0.2) is 19.9 Å². The fourth-order valence-electron chi connectivity index (χ4n) is 7.58. The first-order chi connectivity index (χ1) is 26.3. The monoisotopic (exact) mass is 681 g/mol. The van der Waals surface area contributed by atoms with E-state index in [9.17, 15) is 0 Å². The zero-order valence-corrected chi connectivity index (χ0v) is 28.1. The van der Waals surface area contributed by atoms with Crippen molar-refractivity contribution in [3.8, 4) is 51.2 Å². The minimum atomic E-state index is 0.540. The number of benzene rings is 7. The highest BCUT2D eigenvalue weighted by atomic mass is 16.3. The predicted molar refractivity (Wildman–Crippen MR) is 211 cm³/mol. The summed E-state index contributed by atoms with van der Waals surface area (Å²) < 4.78 is 15.1. The summed E-state index contributed by atoms with van der Waals surface area (Å²) in [5.74, 6) is 2.49. The molecule has 0 aliphatic rings. The number of furan rings is 2. The van der Waals surface area contributed by atoms with Crippen molar-refractivity contribution in [2.45, 2.75) is 0 Å². The Morgan fingerprint density at radius 1 is 0.377 bits per heavy atom. The number of nitrogens with zero attached hydrogens (tertiary/aromatic N) is 5. The van der Waals surface area contributed by atoms with Gasteiger partial charge < -0.3 is 8.83 Å². The molecule has 0 saturated carbocycles. The molecule has 0 spiro atoms. The van der Waals surface area contributed by atoms with Crippen molar-refractivity contribution in [1.82, 2.24) is 24.5 Å². The van der Waals surface area contributed by atoms with Crippen LogP contribution in [-0.2, 0) is 0 Å². The van der Waals surface area contributed by atoms with E-state index in [4.69, 9.17) is 28.8 Å². The molecule has 0 aliphatic heterocycles. The molecular weight excluding hydrogens is 655 g/mol. The van der Waals surface area contributed by atoms with Crippen LogP contribution in [0.25, 0.3) is 106 Å². The lowest BCUT2D eigenvalue weighted by Crippen LogP contribution is -2.01. The molecule has 4 aromatic heterocycles. The van der Waals surface area contributed by atoms with E-state index < -0.39 is 0 Å². The standard InChI is InChI=1S/C46H27N5O2/c1-3-14-28(15-4-1)43-48-44(31-19-11-25-37-40(31)30-18-7-10-24-36(30)52-37)50-45(49-43)32-20-12-26-38-41(32)42-33(21-13-27-39(42)53-38)46-47-34-22-8-9-23-35(34)51(46)29-16-5-2-6-17-29/h1-27H. The highest BCUT2D eigenvalue weighted by Crippen LogP contribution is 2.43. The Morgan fingerprint density at radius 3 is 1.66 bits per heavy atom. The first-order valence-electron chi connectivity index (χ1n) is 17.5. The number of hydrogen-bond donors (Lipinski definition) is 0. The first-order valence-corrected chi connectivity index (χ1v) is 17.5. The molecule has 248 valence electrons. The van der Waals surface area contributed by atoms with Crippen LogP contribution in [0.5, 0.6) is 0 Å². The second kappa shape index (κ2) is 11.6. The van der Waals surface area contributed by atoms with Gasteiger partial charge in [-0.3, -0.25) is 4.57 Å². The molecule has 0 radical (unpaired) electrons. The fourth-order valence-corrected chi connectivity index (χ4v) is 7.58. The second-order valence-electron chi connectivity index (χ2n) is 13.0. The van der Waals surface area contributed by atoms with Crippen molar-refractivity contribution < 1.29 is 8.83 Å². The van der Waals surface area contributed by atoms with E-state index in [1.54, 1.807) is 0 Å². The van der Waals surface area contributed by atoms with E-state index in [1.165, 1.54) is 0 Å². The predicted octanol–water partition coefficient (Wildman–Crippen LogP) is 11.7. The summed E-state index contributed by atoms with van der Waals surface area (Å²) in [6.45, 7) is 0. The number of rotatable bonds is 5. The number of aromatic nitrogens is 5. The van der Waals surface area contributed by atoms with E-state index in [2.05, 4.69) is 71.3 Å². The van der Waals surface area contributed by atoms with Crippen molar-refractivity contribution in [3.05, 3.63) is 164 Å². The molecule has 0 fully saturated rings. The van der Waals surface area contributed by atoms with Gasteiger partial charge in [-0.05, 0) is 48.5 Å². The molecular formula is C46H27N5O2. The van der Waals surface area contributed by atoms with Crippen LogP contribution in [0.2, 0.25) is 0 Å². The molecule has 0 bridgehead atoms. The lowest BCUT2D eigenvalue weighted by Gasteiger charge is -2.12. The van der Waals surface area contributed by atoms with E-state index in [0.717, 1.165) is 88.7 Å². The van der Waals surface area contributed by atoms with Gasteiger partial charge in [0.2, 0.25) is 0 Å².